The molecule has 0 saturated carbocycles. The van der Waals surface area contributed by atoms with E-state index in [9.17, 15) is 4.79 Å². The van der Waals surface area contributed by atoms with Gasteiger partial charge in [-0.15, -0.1) is 0 Å². The number of hydrogen-bond acceptors (Lipinski definition) is 5. The van der Waals surface area contributed by atoms with Crippen LogP contribution in [0, 0.1) is 6.92 Å². The minimum Gasteiger partial charge on any atom is -0.462 e. The van der Waals surface area contributed by atoms with E-state index in [1.807, 2.05) is 35.9 Å². The topological polar surface area (TPSA) is 56.5 Å². The smallest absolute Gasteiger partial charge is 0.350 e. The van der Waals surface area contributed by atoms with Gasteiger partial charge < -0.3 is 9.14 Å². The minimum absolute atomic E-state index is 0.308. The molecule has 0 fully saturated rings. The Balaban J connectivity index is 2.03. The van der Waals surface area contributed by atoms with E-state index < -0.39 is 0 Å². The number of aromatic nitrogens is 3. The first-order valence-electron chi connectivity index (χ1n) is 6.27. The highest BCUT2D eigenvalue weighted by Gasteiger charge is 2.18. The van der Waals surface area contributed by atoms with Crippen LogP contribution in [0.5, 0.6) is 0 Å². The number of imidazole rings is 1. The molecule has 0 saturated heterocycles. The average Bonchev–Trinajstić information content (AvgIpc) is 3.04. The quantitative estimate of drug-likeness (QED) is 0.695. The second-order valence-electron chi connectivity index (χ2n) is 4.32. The first-order valence-corrected chi connectivity index (χ1v) is 7.04. The van der Waals surface area contributed by atoms with Crippen LogP contribution >= 0.6 is 11.5 Å². The predicted octanol–water partition coefficient (Wildman–Crippen LogP) is 2.94. The lowest BCUT2D eigenvalue weighted by molar-refractivity contribution is 0.0531. The summed E-state index contributed by atoms with van der Waals surface area (Å²) in [7, 11) is 0. The first-order chi connectivity index (χ1) is 9.70. The molecule has 0 aliphatic carbocycles. The van der Waals surface area contributed by atoms with Gasteiger partial charge in [0.05, 0.1) is 12.3 Å². The Morgan fingerprint density at radius 3 is 3.10 bits per heavy atom. The van der Waals surface area contributed by atoms with Gasteiger partial charge in [0.1, 0.15) is 10.5 Å². The van der Waals surface area contributed by atoms with Crippen molar-refractivity contribution in [2.24, 2.45) is 0 Å². The van der Waals surface area contributed by atoms with Crippen LogP contribution in [-0.2, 0) is 4.74 Å². The van der Waals surface area contributed by atoms with Crippen molar-refractivity contribution in [3.63, 3.8) is 0 Å². The standard InChI is InChI=1S/C14H13N3O2S/c1-3-19-14(18)13-9(2)12(16-20-13)10-4-5-11-15-6-7-17(11)8-10/h4-8H,3H2,1-2H3. The third-order valence-corrected chi connectivity index (χ3v) is 3.98. The molecule has 102 valence electrons. The summed E-state index contributed by atoms with van der Waals surface area (Å²) in [6.45, 7) is 4.05. The van der Waals surface area contributed by atoms with E-state index in [2.05, 4.69) is 9.36 Å². The number of carbonyl (C=O) groups excluding carboxylic acids is 1. The number of pyridine rings is 1. The summed E-state index contributed by atoms with van der Waals surface area (Å²) in [4.78, 5) is 16.6. The van der Waals surface area contributed by atoms with E-state index in [0.29, 0.717) is 11.5 Å². The molecule has 0 radical (unpaired) electrons. The van der Waals surface area contributed by atoms with E-state index in [-0.39, 0.29) is 5.97 Å². The van der Waals surface area contributed by atoms with Crippen molar-refractivity contribution in [2.45, 2.75) is 13.8 Å². The highest BCUT2D eigenvalue weighted by molar-refractivity contribution is 7.08. The summed E-state index contributed by atoms with van der Waals surface area (Å²) >= 11 is 1.18. The fraction of sp³-hybridized carbons (Fsp3) is 0.214. The van der Waals surface area contributed by atoms with Gasteiger partial charge in [-0.2, -0.15) is 4.37 Å². The summed E-state index contributed by atoms with van der Waals surface area (Å²) in [6, 6.07) is 3.89. The zero-order valence-corrected chi connectivity index (χ0v) is 12.0. The van der Waals surface area contributed by atoms with Crippen LogP contribution in [0.2, 0.25) is 0 Å². The van der Waals surface area contributed by atoms with Crippen LogP contribution in [0.1, 0.15) is 22.2 Å². The summed E-state index contributed by atoms with van der Waals surface area (Å²) in [5.41, 5.74) is 3.51. The SMILES string of the molecule is CCOC(=O)c1snc(-c2ccc3nccn3c2)c1C. The van der Waals surface area contributed by atoms with Crippen molar-refractivity contribution < 1.29 is 9.53 Å². The number of rotatable bonds is 3. The van der Waals surface area contributed by atoms with E-state index in [4.69, 9.17) is 4.74 Å². The summed E-state index contributed by atoms with van der Waals surface area (Å²) < 4.78 is 11.3. The van der Waals surface area contributed by atoms with Gasteiger partial charge in [0.15, 0.2) is 0 Å². The lowest BCUT2D eigenvalue weighted by Crippen LogP contribution is -2.03. The molecular weight excluding hydrogens is 274 g/mol. The van der Waals surface area contributed by atoms with Gasteiger partial charge in [-0.25, -0.2) is 9.78 Å². The maximum atomic E-state index is 11.8. The third-order valence-electron chi connectivity index (χ3n) is 3.05. The van der Waals surface area contributed by atoms with Crippen molar-refractivity contribution in [3.05, 3.63) is 41.2 Å². The first kappa shape index (κ1) is 12.8. The van der Waals surface area contributed by atoms with Crippen molar-refractivity contribution >= 4 is 23.1 Å². The molecule has 0 atom stereocenters. The summed E-state index contributed by atoms with van der Waals surface area (Å²) in [5.74, 6) is -0.308. The van der Waals surface area contributed by atoms with Gasteiger partial charge in [-0.1, -0.05) is 0 Å². The zero-order valence-electron chi connectivity index (χ0n) is 11.2. The molecule has 20 heavy (non-hydrogen) atoms. The third kappa shape index (κ3) is 2.08. The molecule has 3 rings (SSSR count). The number of nitrogens with zero attached hydrogens (tertiary/aromatic N) is 3. The number of carbonyl (C=O) groups is 1. The second kappa shape index (κ2) is 5.05. The predicted molar refractivity (Wildman–Crippen MR) is 77.0 cm³/mol. The van der Waals surface area contributed by atoms with Crippen molar-refractivity contribution in [2.75, 3.05) is 6.61 Å². The Bertz CT molecular complexity index is 776. The maximum Gasteiger partial charge on any atom is 0.350 e. The highest BCUT2D eigenvalue weighted by Crippen LogP contribution is 2.28. The van der Waals surface area contributed by atoms with E-state index in [1.54, 1.807) is 13.1 Å². The Morgan fingerprint density at radius 1 is 1.45 bits per heavy atom. The maximum absolute atomic E-state index is 11.8. The Labute approximate surface area is 120 Å². The number of fused-ring (bicyclic) bond motifs is 1. The molecule has 0 N–H and O–H groups in total. The number of hydrogen-bond donors (Lipinski definition) is 0. The Morgan fingerprint density at radius 2 is 2.30 bits per heavy atom. The lowest BCUT2D eigenvalue weighted by Gasteiger charge is -2.02. The van der Waals surface area contributed by atoms with Crippen molar-refractivity contribution in [3.8, 4) is 11.3 Å². The molecule has 0 spiro atoms. The number of ether oxygens (including phenoxy) is 1. The Kier molecular flexibility index (Phi) is 3.23. The number of esters is 1. The molecule has 3 aromatic heterocycles. The van der Waals surface area contributed by atoms with Crippen molar-refractivity contribution in [1.29, 1.82) is 0 Å². The van der Waals surface area contributed by atoms with E-state index in [0.717, 1.165) is 22.5 Å². The Hall–Kier alpha value is -2.21. The lowest BCUT2D eigenvalue weighted by atomic mass is 10.1. The second-order valence-corrected chi connectivity index (χ2v) is 5.09. The molecule has 0 bridgehead atoms. The fourth-order valence-electron chi connectivity index (χ4n) is 2.05. The largest absolute Gasteiger partial charge is 0.462 e. The van der Waals surface area contributed by atoms with Crippen LogP contribution in [0.4, 0.5) is 0 Å². The summed E-state index contributed by atoms with van der Waals surface area (Å²) in [5, 5.41) is 0. The molecule has 6 heteroatoms. The van der Waals surface area contributed by atoms with Gasteiger partial charge in [-0.05, 0) is 37.5 Å². The highest BCUT2D eigenvalue weighted by atomic mass is 32.1. The molecule has 5 nitrogen and oxygen atoms in total. The van der Waals surface area contributed by atoms with Gasteiger partial charge in [0.25, 0.3) is 0 Å². The molecule has 0 aromatic carbocycles. The molecule has 3 heterocycles. The van der Waals surface area contributed by atoms with Crippen LogP contribution < -0.4 is 0 Å². The molecule has 0 unspecified atom stereocenters. The van der Waals surface area contributed by atoms with Gasteiger partial charge in [0.2, 0.25) is 0 Å². The van der Waals surface area contributed by atoms with Crippen molar-refractivity contribution in [1.82, 2.24) is 13.8 Å². The molecule has 0 aliphatic heterocycles. The normalized spacial score (nSPS) is 10.9. The van der Waals surface area contributed by atoms with Gasteiger partial charge in [-0.3, -0.25) is 0 Å². The van der Waals surface area contributed by atoms with Gasteiger partial charge in [0, 0.05) is 29.7 Å². The van der Waals surface area contributed by atoms with Crippen LogP contribution in [0.3, 0.4) is 0 Å². The van der Waals surface area contributed by atoms with E-state index in [1.165, 1.54) is 11.5 Å². The van der Waals surface area contributed by atoms with Crippen LogP contribution in [-0.4, -0.2) is 26.3 Å². The summed E-state index contributed by atoms with van der Waals surface area (Å²) in [6.07, 6.45) is 5.59. The molecule has 0 amide bonds. The average molecular weight is 287 g/mol. The van der Waals surface area contributed by atoms with E-state index >= 15 is 0 Å². The molecule has 0 aliphatic rings. The zero-order chi connectivity index (χ0) is 14.1. The van der Waals surface area contributed by atoms with Crippen LogP contribution in [0.25, 0.3) is 16.9 Å². The van der Waals surface area contributed by atoms with Crippen LogP contribution in [0.15, 0.2) is 30.7 Å². The molecular formula is C14H13N3O2S. The fourth-order valence-corrected chi connectivity index (χ4v) is 2.84. The molecule has 3 aromatic rings. The minimum atomic E-state index is -0.308. The van der Waals surface area contributed by atoms with Gasteiger partial charge >= 0.3 is 5.97 Å². The monoisotopic (exact) mass is 287 g/mol.